The highest BCUT2D eigenvalue weighted by Gasteiger charge is 2.25. The first-order valence-electron chi connectivity index (χ1n) is 6.36. The number of rotatable bonds is 8. The first-order valence-corrected chi connectivity index (χ1v) is 6.36. The van der Waals surface area contributed by atoms with Crippen molar-refractivity contribution in [3.63, 3.8) is 0 Å². The Bertz CT molecular complexity index is 218. The minimum Gasteiger partial charge on any atom is -0.382 e. The highest BCUT2D eigenvalue weighted by molar-refractivity contribution is 5.77. The van der Waals surface area contributed by atoms with Gasteiger partial charge >= 0.3 is 0 Å². The predicted molar refractivity (Wildman–Crippen MR) is 66.0 cm³/mol. The van der Waals surface area contributed by atoms with E-state index in [1.54, 1.807) is 7.11 Å². The molecule has 0 saturated carbocycles. The number of ether oxygens (including phenoxy) is 2. The lowest BCUT2D eigenvalue weighted by Gasteiger charge is -2.28. The van der Waals surface area contributed by atoms with Crippen LogP contribution in [0.2, 0.25) is 0 Å². The Hall–Kier alpha value is -0.650. The highest BCUT2D eigenvalue weighted by atomic mass is 16.5. The van der Waals surface area contributed by atoms with Crippen molar-refractivity contribution in [2.75, 3.05) is 46.6 Å². The summed E-state index contributed by atoms with van der Waals surface area (Å²) < 4.78 is 10.2. The molecule has 1 amide bonds. The highest BCUT2D eigenvalue weighted by Crippen LogP contribution is 2.09. The number of carbonyl (C=O) groups excluding carboxylic acids is 1. The van der Waals surface area contributed by atoms with Gasteiger partial charge in [0, 0.05) is 26.2 Å². The summed E-state index contributed by atoms with van der Waals surface area (Å²) in [6, 6.07) is 0.341. The van der Waals surface area contributed by atoms with Crippen LogP contribution in [0.15, 0.2) is 0 Å². The minimum absolute atomic E-state index is 0.0941. The smallest absolute Gasteiger partial charge is 0.248 e. The molecular formula is C12H24N2O3. The van der Waals surface area contributed by atoms with E-state index in [0.29, 0.717) is 19.3 Å². The van der Waals surface area contributed by atoms with Crippen LogP contribution in [0.5, 0.6) is 0 Å². The number of hydrogen-bond acceptors (Lipinski definition) is 4. The molecule has 5 heteroatoms. The summed E-state index contributed by atoms with van der Waals surface area (Å²) in [5.41, 5.74) is 0. The van der Waals surface area contributed by atoms with Crippen LogP contribution in [0.25, 0.3) is 0 Å². The van der Waals surface area contributed by atoms with Crippen LogP contribution >= 0.6 is 0 Å². The summed E-state index contributed by atoms with van der Waals surface area (Å²) in [6.45, 7) is 6.00. The fourth-order valence-corrected chi connectivity index (χ4v) is 2.04. The van der Waals surface area contributed by atoms with Crippen molar-refractivity contribution >= 4 is 5.91 Å². The zero-order valence-electron chi connectivity index (χ0n) is 10.9. The van der Waals surface area contributed by atoms with Gasteiger partial charge in [-0.1, -0.05) is 6.92 Å². The number of hydrogen-bond donors (Lipinski definition) is 1. The maximum atomic E-state index is 12.0. The second kappa shape index (κ2) is 8.44. The van der Waals surface area contributed by atoms with Gasteiger partial charge in [-0.3, -0.25) is 4.79 Å². The molecule has 1 aliphatic rings. The van der Waals surface area contributed by atoms with E-state index in [1.165, 1.54) is 0 Å². The molecule has 0 radical (unpaired) electrons. The summed E-state index contributed by atoms with van der Waals surface area (Å²) in [6.07, 6.45) is 2.03. The van der Waals surface area contributed by atoms with Gasteiger partial charge in [0.05, 0.1) is 13.2 Å². The van der Waals surface area contributed by atoms with E-state index < -0.39 is 0 Å². The van der Waals surface area contributed by atoms with Gasteiger partial charge in [-0.15, -0.1) is 0 Å². The number of carbonyl (C=O) groups is 1. The second-order valence-electron chi connectivity index (χ2n) is 4.28. The first-order chi connectivity index (χ1) is 8.29. The summed E-state index contributed by atoms with van der Waals surface area (Å²) in [5, 5.41) is 3.29. The molecule has 1 fully saturated rings. The average molecular weight is 244 g/mol. The number of nitrogens with one attached hydrogen (secondary N) is 1. The Morgan fingerprint density at radius 3 is 2.88 bits per heavy atom. The maximum Gasteiger partial charge on any atom is 0.248 e. The third-order valence-corrected chi connectivity index (χ3v) is 2.92. The van der Waals surface area contributed by atoms with Crippen LogP contribution < -0.4 is 5.32 Å². The zero-order valence-corrected chi connectivity index (χ0v) is 10.9. The fraction of sp³-hybridized carbons (Fsp3) is 0.917. The largest absolute Gasteiger partial charge is 0.382 e. The summed E-state index contributed by atoms with van der Waals surface area (Å²) >= 11 is 0. The molecule has 1 atom stereocenters. The van der Waals surface area contributed by atoms with Crippen LogP contribution in [0.4, 0.5) is 0 Å². The Kier molecular flexibility index (Phi) is 7.16. The van der Waals surface area contributed by atoms with Crippen LogP contribution in [0, 0.1) is 0 Å². The molecule has 0 aromatic carbocycles. The zero-order chi connectivity index (χ0) is 12.5. The van der Waals surface area contributed by atoms with E-state index >= 15 is 0 Å². The van der Waals surface area contributed by atoms with E-state index in [1.807, 2.05) is 4.90 Å². The molecule has 5 nitrogen and oxygen atoms in total. The van der Waals surface area contributed by atoms with E-state index in [2.05, 4.69) is 12.2 Å². The summed E-state index contributed by atoms with van der Waals surface area (Å²) in [4.78, 5) is 14.0. The van der Waals surface area contributed by atoms with Crippen LogP contribution in [0.3, 0.4) is 0 Å². The van der Waals surface area contributed by atoms with E-state index in [0.717, 1.165) is 32.5 Å². The van der Waals surface area contributed by atoms with Crippen molar-refractivity contribution in [2.45, 2.75) is 25.8 Å². The normalized spacial score (nSPS) is 19.5. The first kappa shape index (κ1) is 14.4. The van der Waals surface area contributed by atoms with Gasteiger partial charge < -0.3 is 19.7 Å². The van der Waals surface area contributed by atoms with Crippen molar-refractivity contribution in [1.82, 2.24) is 10.2 Å². The number of nitrogens with zero attached hydrogens (tertiary/aromatic N) is 1. The van der Waals surface area contributed by atoms with Gasteiger partial charge in [-0.2, -0.15) is 0 Å². The van der Waals surface area contributed by atoms with Crippen molar-refractivity contribution in [3.05, 3.63) is 0 Å². The number of methoxy groups -OCH3 is 1. The van der Waals surface area contributed by atoms with Gasteiger partial charge in [0.15, 0.2) is 0 Å². The fourth-order valence-electron chi connectivity index (χ4n) is 2.04. The van der Waals surface area contributed by atoms with E-state index in [9.17, 15) is 4.79 Å². The average Bonchev–Trinajstić information content (AvgIpc) is 2.85. The van der Waals surface area contributed by atoms with Gasteiger partial charge in [-0.25, -0.2) is 0 Å². The molecule has 1 N–H and O–H groups in total. The lowest BCUT2D eigenvalue weighted by Crippen LogP contribution is -2.44. The molecule has 17 heavy (non-hydrogen) atoms. The lowest BCUT2D eigenvalue weighted by molar-refractivity contribution is -0.138. The Morgan fingerprint density at radius 2 is 2.29 bits per heavy atom. The topological polar surface area (TPSA) is 50.8 Å². The molecule has 1 aliphatic heterocycles. The molecule has 100 valence electrons. The lowest BCUT2D eigenvalue weighted by atomic mass is 10.2. The van der Waals surface area contributed by atoms with Crippen LogP contribution in [-0.4, -0.2) is 63.4 Å². The molecule has 1 heterocycles. The van der Waals surface area contributed by atoms with Crippen molar-refractivity contribution in [2.24, 2.45) is 0 Å². The minimum atomic E-state index is 0.0941. The monoisotopic (exact) mass is 244 g/mol. The quantitative estimate of drug-likeness (QED) is 0.622. The molecule has 0 aliphatic carbocycles. The summed E-state index contributed by atoms with van der Waals surface area (Å²) in [7, 11) is 1.62. The molecule has 1 unspecified atom stereocenters. The van der Waals surface area contributed by atoms with Gasteiger partial charge in [0.2, 0.25) is 5.91 Å². The SMILES string of the molecule is CCCN(C(=O)COCCOC)C1CCNC1. The van der Waals surface area contributed by atoms with Crippen molar-refractivity contribution < 1.29 is 14.3 Å². The van der Waals surface area contributed by atoms with Gasteiger partial charge in [0.25, 0.3) is 0 Å². The standard InChI is InChI=1S/C12H24N2O3/c1-3-6-14(11-4-5-13-9-11)12(15)10-17-8-7-16-2/h11,13H,3-10H2,1-2H3. The summed E-state index contributed by atoms with van der Waals surface area (Å²) in [5.74, 6) is 0.0941. The molecular weight excluding hydrogens is 220 g/mol. The molecule has 1 rings (SSSR count). The van der Waals surface area contributed by atoms with E-state index in [4.69, 9.17) is 9.47 Å². The molecule has 0 aromatic rings. The third-order valence-electron chi connectivity index (χ3n) is 2.92. The Morgan fingerprint density at radius 1 is 1.47 bits per heavy atom. The van der Waals surface area contributed by atoms with E-state index in [-0.39, 0.29) is 12.5 Å². The third kappa shape index (κ3) is 5.02. The Balaban J connectivity index is 2.32. The molecule has 0 bridgehead atoms. The molecule has 0 aromatic heterocycles. The van der Waals surface area contributed by atoms with Crippen LogP contribution in [-0.2, 0) is 14.3 Å². The number of amides is 1. The second-order valence-corrected chi connectivity index (χ2v) is 4.28. The Labute approximate surface area is 103 Å². The van der Waals surface area contributed by atoms with Crippen molar-refractivity contribution in [1.29, 1.82) is 0 Å². The van der Waals surface area contributed by atoms with Crippen LogP contribution in [0.1, 0.15) is 19.8 Å². The maximum absolute atomic E-state index is 12.0. The molecule has 0 spiro atoms. The van der Waals surface area contributed by atoms with Gasteiger partial charge in [-0.05, 0) is 19.4 Å². The molecule has 1 saturated heterocycles. The predicted octanol–water partition coefficient (Wildman–Crippen LogP) is 0.250. The van der Waals surface area contributed by atoms with Crippen molar-refractivity contribution in [3.8, 4) is 0 Å². The van der Waals surface area contributed by atoms with Gasteiger partial charge in [0.1, 0.15) is 6.61 Å².